The minimum Gasteiger partial charge on any atom is -0.396 e. The second-order valence-electron chi connectivity index (χ2n) is 6.32. The first-order valence-electron chi connectivity index (χ1n) is 8.52. The lowest BCUT2D eigenvalue weighted by Gasteiger charge is -2.22. The zero-order chi connectivity index (χ0) is 15.4. The van der Waals surface area contributed by atoms with Crippen LogP contribution in [-0.2, 0) is 0 Å². The second kappa shape index (κ2) is 12.6. The quantitative estimate of drug-likeness (QED) is 0.486. The maximum atomic E-state index is 9.99. The van der Waals surface area contributed by atoms with Gasteiger partial charge in [-0.1, -0.05) is 40.0 Å². The van der Waals surface area contributed by atoms with Crippen LogP contribution in [0.3, 0.4) is 0 Å². The van der Waals surface area contributed by atoms with Gasteiger partial charge in [0.15, 0.2) is 0 Å². The summed E-state index contributed by atoms with van der Waals surface area (Å²) in [5.41, 5.74) is 0. The summed E-state index contributed by atoms with van der Waals surface area (Å²) in [5.74, 6) is 0.959. The largest absolute Gasteiger partial charge is 0.396 e. The van der Waals surface area contributed by atoms with Crippen LogP contribution < -0.4 is 0 Å². The molecule has 3 nitrogen and oxygen atoms in total. The average molecular weight is 288 g/mol. The first-order chi connectivity index (χ1) is 9.54. The number of hydrogen-bond acceptors (Lipinski definition) is 3. The topological polar surface area (TPSA) is 60.7 Å². The van der Waals surface area contributed by atoms with Gasteiger partial charge in [0.2, 0.25) is 0 Å². The molecule has 0 radical (unpaired) electrons. The van der Waals surface area contributed by atoms with E-state index in [0.717, 1.165) is 44.9 Å². The van der Waals surface area contributed by atoms with Crippen molar-refractivity contribution in [3.8, 4) is 0 Å². The first kappa shape index (κ1) is 19.9. The molecule has 122 valence electrons. The van der Waals surface area contributed by atoms with Crippen molar-refractivity contribution in [3.05, 3.63) is 0 Å². The van der Waals surface area contributed by atoms with Gasteiger partial charge in [0, 0.05) is 6.61 Å². The van der Waals surface area contributed by atoms with Gasteiger partial charge >= 0.3 is 0 Å². The van der Waals surface area contributed by atoms with E-state index in [9.17, 15) is 10.2 Å². The summed E-state index contributed by atoms with van der Waals surface area (Å²) in [6.45, 7) is 6.58. The van der Waals surface area contributed by atoms with Crippen molar-refractivity contribution in [2.45, 2.75) is 90.8 Å². The molecule has 0 heterocycles. The van der Waals surface area contributed by atoms with Crippen molar-refractivity contribution in [1.29, 1.82) is 0 Å². The van der Waals surface area contributed by atoms with E-state index in [1.54, 1.807) is 0 Å². The van der Waals surface area contributed by atoms with Crippen LogP contribution in [0, 0.1) is 11.8 Å². The van der Waals surface area contributed by atoms with Crippen LogP contribution in [0.15, 0.2) is 0 Å². The zero-order valence-corrected chi connectivity index (χ0v) is 13.7. The molecule has 0 saturated carbocycles. The van der Waals surface area contributed by atoms with E-state index in [0.29, 0.717) is 24.7 Å². The molecule has 4 atom stereocenters. The Morgan fingerprint density at radius 2 is 1.60 bits per heavy atom. The van der Waals surface area contributed by atoms with Gasteiger partial charge in [-0.3, -0.25) is 0 Å². The minimum absolute atomic E-state index is 0.152. The molecular formula is C17H36O3. The maximum absolute atomic E-state index is 9.99. The number of rotatable bonds is 13. The third-order valence-electron chi connectivity index (χ3n) is 4.26. The molecule has 20 heavy (non-hydrogen) atoms. The van der Waals surface area contributed by atoms with E-state index >= 15 is 0 Å². The molecule has 4 unspecified atom stereocenters. The van der Waals surface area contributed by atoms with Crippen LogP contribution in [-0.4, -0.2) is 34.1 Å². The number of hydrogen-bond donors (Lipinski definition) is 3. The van der Waals surface area contributed by atoms with E-state index in [1.807, 2.05) is 6.92 Å². The van der Waals surface area contributed by atoms with E-state index in [1.165, 1.54) is 0 Å². The van der Waals surface area contributed by atoms with Gasteiger partial charge in [0.1, 0.15) is 0 Å². The highest BCUT2D eigenvalue weighted by atomic mass is 16.3. The molecule has 0 aromatic heterocycles. The molecule has 3 N–H and O–H groups in total. The highest BCUT2D eigenvalue weighted by molar-refractivity contribution is 4.69. The summed E-state index contributed by atoms with van der Waals surface area (Å²) in [6, 6.07) is 0. The summed E-state index contributed by atoms with van der Waals surface area (Å²) in [6.07, 6.45) is 8.24. The Hall–Kier alpha value is -0.120. The standard InChI is InChI=1S/C17H36O3/c1-4-8-15(17(20)5-2)10-6-9-14(3)13-16(19)11-7-12-18/h14-20H,4-13H2,1-3H3. The lowest BCUT2D eigenvalue weighted by molar-refractivity contribution is 0.0888. The van der Waals surface area contributed by atoms with Crippen molar-refractivity contribution < 1.29 is 15.3 Å². The highest BCUT2D eigenvalue weighted by Crippen LogP contribution is 2.24. The number of aliphatic hydroxyl groups excluding tert-OH is 3. The molecule has 0 rings (SSSR count). The highest BCUT2D eigenvalue weighted by Gasteiger charge is 2.17. The molecule has 0 aliphatic heterocycles. The summed E-state index contributed by atoms with van der Waals surface area (Å²) >= 11 is 0. The molecule has 0 aliphatic carbocycles. The fourth-order valence-corrected chi connectivity index (χ4v) is 2.99. The van der Waals surface area contributed by atoms with Gasteiger partial charge in [0.05, 0.1) is 12.2 Å². The van der Waals surface area contributed by atoms with Crippen LogP contribution in [0.1, 0.15) is 78.6 Å². The Morgan fingerprint density at radius 1 is 0.900 bits per heavy atom. The molecule has 0 amide bonds. The van der Waals surface area contributed by atoms with E-state index < -0.39 is 0 Å². The molecule has 0 aromatic rings. The lowest BCUT2D eigenvalue weighted by atomic mass is 9.87. The lowest BCUT2D eigenvalue weighted by Crippen LogP contribution is -2.20. The van der Waals surface area contributed by atoms with Crippen molar-refractivity contribution in [1.82, 2.24) is 0 Å². The normalized spacial score (nSPS) is 17.7. The van der Waals surface area contributed by atoms with Gasteiger partial charge in [-0.2, -0.15) is 0 Å². The summed E-state index contributed by atoms with van der Waals surface area (Å²) in [7, 11) is 0. The first-order valence-corrected chi connectivity index (χ1v) is 8.52. The predicted molar refractivity (Wildman–Crippen MR) is 84.7 cm³/mol. The molecular weight excluding hydrogens is 252 g/mol. The van der Waals surface area contributed by atoms with Gasteiger partial charge < -0.3 is 15.3 Å². The molecule has 0 bridgehead atoms. The van der Waals surface area contributed by atoms with Crippen LogP contribution in [0.5, 0.6) is 0 Å². The van der Waals surface area contributed by atoms with Crippen molar-refractivity contribution in [2.75, 3.05) is 6.61 Å². The van der Waals surface area contributed by atoms with Gasteiger partial charge in [-0.05, 0) is 50.4 Å². The molecule has 0 saturated heterocycles. The third kappa shape index (κ3) is 9.73. The summed E-state index contributed by atoms with van der Waals surface area (Å²) in [5, 5.41) is 28.6. The average Bonchev–Trinajstić information content (AvgIpc) is 2.43. The molecule has 0 fully saturated rings. The van der Waals surface area contributed by atoms with Gasteiger partial charge in [-0.25, -0.2) is 0 Å². The monoisotopic (exact) mass is 288 g/mol. The third-order valence-corrected chi connectivity index (χ3v) is 4.26. The molecule has 0 spiro atoms. The van der Waals surface area contributed by atoms with Crippen LogP contribution in [0.4, 0.5) is 0 Å². The van der Waals surface area contributed by atoms with Crippen molar-refractivity contribution >= 4 is 0 Å². The number of aliphatic hydroxyl groups is 3. The van der Waals surface area contributed by atoms with Gasteiger partial charge in [-0.15, -0.1) is 0 Å². The molecule has 0 aromatic carbocycles. The van der Waals surface area contributed by atoms with Crippen LogP contribution in [0.25, 0.3) is 0 Å². The van der Waals surface area contributed by atoms with Crippen molar-refractivity contribution in [3.63, 3.8) is 0 Å². The van der Waals surface area contributed by atoms with Crippen LogP contribution in [0.2, 0.25) is 0 Å². The smallest absolute Gasteiger partial charge is 0.0565 e. The van der Waals surface area contributed by atoms with E-state index in [4.69, 9.17) is 5.11 Å². The predicted octanol–water partition coefficient (Wildman–Crippen LogP) is 3.50. The zero-order valence-electron chi connectivity index (χ0n) is 13.7. The van der Waals surface area contributed by atoms with E-state index in [2.05, 4.69) is 13.8 Å². The Kier molecular flexibility index (Phi) is 12.5. The van der Waals surface area contributed by atoms with E-state index in [-0.39, 0.29) is 18.8 Å². The summed E-state index contributed by atoms with van der Waals surface area (Å²) in [4.78, 5) is 0. The fraction of sp³-hybridized carbons (Fsp3) is 1.00. The van der Waals surface area contributed by atoms with Gasteiger partial charge in [0.25, 0.3) is 0 Å². The minimum atomic E-state index is -0.273. The SMILES string of the molecule is CCCC(CCCC(C)CC(O)CCCO)C(O)CC. The Labute approximate surface area is 125 Å². The maximum Gasteiger partial charge on any atom is 0.0565 e. The Morgan fingerprint density at radius 3 is 2.15 bits per heavy atom. The molecule has 0 aliphatic rings. The fourth-order valence-electron chi connectivity index (χ4n) is 2.99. The Bertz CT molecular complexity index is 208. The summed E-state index contributed by atoms with van der Waals surface area (Å²) < 4.78 is 0. The van der Waals surface area contributed by atoms with Crippen LogP contribution >= 0.6 is 0 Å². The molecule has 3 heteroatoms. The second-order valence-corrected chi connectivity index (χ2v) is 6.32. The Balaban J connectivity index is 3.84. The van der Waals surface area contributed by atoms with Crippen molar-refractivity contribution in [2.24, 2.45) is 11.8 Å².